The number of likely N-dealkylation sites (tertiary alicyclic amines) is 1. The van der Waals surface area contributed by atoms with E-state index in [1.54, 1.807) is 11.0 Å². The standard InChI is InChI=1S/C23H32N2O6S/c1-17-15-19(22(27)24-8-3-20(26)4-9-24)16-18(2)21(17)5-14-32(28,29)25-10-6-23(7-11-25)30-12-13-31-23/h5,14-16,20,26H,3-4,6-13H2,1-2H3/b14-5+. The molecule has 176 valence electrons. The van der Waals surface area contributed by atoms with E-state index in [2.05, 4.69) is 0 Å². The summed E-state index contributed by atoms with van der Waals surface area (Å²) < 4.78 is 38.6. The van der Waals surface area contributed by atoms with Gasteiger partial charge in [0, 0.05) is 50.0 Å². The molecule has 4 rings (SSSR count). The number of nitrogens with zero attached hydrogens (tertiary/aromatic N) is 2. The second kappa shape index (κ2) is 9.23. The molecule has 3 aliphatic rings. The number of aliphatic hydroxyl groups excluding tert-OH is 1. The molecule has 1 aromatic rings. The minimum Gasteiger partial charge on any atom is -0.393 e. The summed E-state index contributed by atoms with van der Waals surface area (Å²) in [5.41, 5.74) is 3.09. The average molecular weight is 465 g/mol. The number of carbonyl (C=O) groups excluding carboxylic acids is 1. The van der Waals surface area contributed by atoms with E-state index in [1.807, 2.05) is 26.0 Å². The molecule has 0 saturated carbocycles. The highest BCUT2D eigenvalue weighted by Crippen LogP contribution is 2.32. The van der Waals surface area contributed by atoms with Crippen LogP contribution < -0.4 is 0 Å². The predicted molar refractivity (Wildman–Crippen MR) is 120 cm³/mol. The van der Waals surface area contributed by atoms with E-state index in [9.17, 15) is 18.3 Å². The average Bonchev–Trinajstić information content (AvgIpc) is 3.21. The van der Waals surface area contributed by atoms with Crippen molar-refractivity contribution in [2.24, 2.45) is 0 Å². The van der Waals surface area contributed by atoms with Gasteiger partial charge in [-0.1, -0.05) is 0 Å². The normalized spacial score (nSPS) is 22.8. The van der Waals surface area contributed by atoms with Crippen molar-refractivity contribution in [2.45, 2.75) is 51.4 Å². The van der Waals surface area contributed by atoms with Crippen LogP contribution in [0.5, 0.6) is 0 Å². The highest BCUT2D eigenvalue weighted by molar-refractivity contribution is 7.92. The third kappa shape index (κ3) is 4.92. The molecule has 9 heteroatoms. The van der Waals surface area contributed by atoms with Gasteiger partial charge in [0.1, 0.15) is 0 Å². The van der Waals surface area contributed by atoms with Crippen molar-refractivity contribution in [2.75, 3.05) is 39.4 Å². The van der Waals surface area contributed by atoms with Gasteiger partial charge in [-0.3, -0.25) is 4.79 Å². The molecule has 1 N–H and O–H groups in total. The largest absolute Gasteiger partial charge is 0.393 e. The lowest BCUT2D eigenvalue weighted by atomic mass is 9.98. The zero-order valence-corrected chi connectivity index (χ0v) is 19.6. The van der Waals surface area contributed by atoms with Crippen molar-refractivity contribution in [1.82, 2.24) is 9.21 Å². The Kier molecular flexibility index (Phi) is 6.74. The number of sulfonamides is 1. The number of piperidine rings is 2. The lowest BCUT2D eigenvalue weighted by Gasteiger charge is -2.36. The number of rotatable bonds is 4. The number of aliphatic hydroxyl groups is 1. The van der Waals surface area contributed by atoms with E-state index in [4.69, 9.17) is 9.47 Å². The zero-order valence-electron chi connectivity index (χ0n) is 18.7. The third-order valence-electron chi connectivity index (χ3n) is 6.66. The molecule has 0 radical (unpaired) electrons. The number of hydrogen-bond acceptors (Lipinski definition) is 6. The van der Waals surface area contributed by atoms with Crippen LogP contribution in [0.2, 0.25) is 0 Å². The Morgan fingerprint density at radius 1 is 1.06 bits per heavy atom. The molecule has 3 fully saturated rings. The fourth-order valence-electron chi connectivity index (χ4n) is 4.72. The zero-order chi connectivity index (χ0) is 22.9. The molecule has 0 unspecified atom stereocenters. The predicted octanol–water partition coefficient (Wildman–Crippen LogP) is 2.04. The second-order valence-electron chi connectivity index (χ2n) is 8.90. The Morgan fingerprint density at radius 2 is 1.62 bits per heavy atom. The molecule has 0 atom stereocenters. The molecule has 0 aromatic heterocycles. The van der Waals surface area contributed by atoms with Gasteiger partial charge in [-0.2, -0.15) is 4.31 Å². The van der Waals surface area contributed by atoms with E-state index in [0.29, 0.717) is 70.6 Å². The Morgan fingerprint density at radius 3 is 2.19 bits per heavy atom. The van der Waals surface area contributed by atoms with E-state index in [0.717, 1.165) is 16.7 Å². The molecular formula is C23H32N2O6S. The molecule has 3 heterocycles. The lowest BCUT2D eigenvalue weighted by molar-refractivity contribution is -0.179. The molecule has 1 aromatic carbocycles. The molecular weight excluding hydrogens is 432 g/mol. The molecule has 0 bridgehead atoms. The number of benzene rings is 1. The minimum atomic E-state index is -3.57. The van der Waals surface area contributed by atoms with Crippen molar-refractivity contribution in [1.29, 1.82) is 0 Å². The van der Waals surface area contributed by atoms with E-state index < -0.39 is 15.8 Å². The number of carbonyl (C=O) groups is 1. The monoisotopic (exact) mass is 464 g/mol. The maximum atomic E-state index is 12.9. The molecule has 3 saturated heterocycles. The van der Waals surface area contributed by atoms with Crippen molar-refractivity contribution >= 4 is 22.0 Å². The van der Waals surface area contributed by atoms with Crippen LogP contribution in [0.25, 0.3) is 6.08 Å². The van der Waals surface area contributed by atoms with E-state index >= 15 is 0 Å². The molecule has 0 aliphatic carbocycles. The van der Waals surface area contributed by atoms with Crippen LogP contribution in [0.4, 0.5) is 0 Å². The fraction of sp³-hybridized carbons (Fsp3) is 0.609. The number of ether oxygens (including phenoxy) is 2. The van der Waals surface area contributed by atoms with Crippen LogP contribution in [-0.4, -0.2) is 79.9 Å². The summed E-state index contributed by atoms with van der Waals surface area (Å²) in [7, 11) is -3.57. The van der Waals surface area contributed by atoms with Gasteiger partial charge in [-0.15, -0.1) is 0 Å². The first kappa shape index (κ1) is 23.4. The molecule has 3 aliphatic heterocycles. The van der Waals surface area contributed by atoms with Crippen LogP contribution in [-0.2, 0) is 19.5 Å². The molecule has 1 spiro atoms. The lowest BCUT2D eigenvalue weighted by Crippen LogP contribution is -2.46. The maximum Gasteiger partial charge on any atom is 0.253 e. The van der Waals surface area contributed by atoms with Crippen molar-refractivity contribution < 1.29 is 27.8 Å². The summed E-state index contributed by atoms with van der Waals surface area (Å²) in [4.78, 5) is 14.6. The van der Waals surface area contributed by atoms with Gasteiger partial charge in [-0.25, -0.2) is 8.42 Å². The highest BCUT2D eigenvalue weighted by atomic mass is 32.2. The summed E-state index contributed by atoms with van der Waals surface area (Å²) >= 11 is 0. The quantitative estimate of drug-likeness (QED) is 0.733. The first-order valence-electron chi connectivity index (χ1n) is 11.2. The van der Waals surface area contributed by atoms with Crippen LogP contribution >= 0.6 is 0 Å². The van der Waals surface area contributed by atoms with Gasteiger partial charge in [0.05, 0.1) is 19.3 Å². The number of aryl methyl sites for hydroxylation is 2. The van der Waals surface area contributed by atoms with Crippen molar-refractivity contribution in [3.8, 4) is 0 Å². The Hall–Kier alpha value is -1.78. The van der Waals surface area contributed by atoms with Crippen LogP contribution in [0.1, 0.15) is 52.7 Å². The van der Waals surface area contributed by atoms with Crippen molar-refractivity contribution in [3.63, 3.8) is 0 Å². The van der Waals surface area contributed by atoms with E-state index in [1.165, 1.54) is 9.71 Å². The second-order valence-corrected chi connectivity index (χ2v) is 10.7. The summed E-state index contributed by atoms with van der Waals surface area (Å²) in [5.74, 6) is -0.664. The van der Waals surface area contributed by atoms with Gasteiger partial charge in [0.15, 0.2) is 5.79 Å². The summed E-state index contributed by atoms with van der Waals surface area (Å²) in [6, 6.07) is 3.62. The topological polar surface area (TPSA) is 96.4 Å². The maximum absolute atomic E-state index is 12.9. The Labute approximate surface area is 189 Å². The first-order chi connectivity index (χ1) is 15.2. The van der Waals surface area contributed by atoms with Crippen LogP contribution in [0.15, 0.2) is 17.5 Å². The summed E-state index contributed by atoms with van der Waals surface area (Å²) in [6.07, 6.45) is 3.54. The van der Waals surface area contributed by atoms with Crippen LogP contribution in [0.3, 0.4) is 0 Å². The van der Waals surface area contributed by atoms with Gasteiger partial charge in [0.25, 0.3) is 5.91 Å². The highest BCUT2D eigenvalue weighted by Gasteiger charge is 2.41. The first-order valence-corrected chi connectivity index (χ1v) is 12.7. The smallest absolute Gasteiger partial charge is 0.253 e. The number of hydrogen-bond donors (Lipinski definition) is 1. The Balaban J connectivity index is 1.45. The third-order valence-corrected chi connectivity index (χ3v) is 8.22. The molecule has 1 amide bonds. The Bertz CT molecular complexity index is 959. The summed E-state index contributed by atoms with van der Waals surface area (Å²) in [6.45, 7) is 6.71. The SMILES string of the molecule is Cc1cc(C(=O)N2CCC(O)CC2)cc(C)c1/C=C/S(=O)(=O)N1CCC2(CC1)OCCO2. The summed E-state index contributed by atoms with van der Waals surface area (Å²) in [5, 5.41) is 10.9. The van der Waals surface area contributed by atoms with Gasteiger partial charge >= 0.3 is 0 Å². The fourth-order valence-corrected chi connectivity index (χ4v) is 5.89. The van der Waals surface area contributed by atoms with Crippen molar-refractivity contribution in [3.05, 3.63) is 39.8 Å². The van der Waals surface area contributed by atoms with Gasteiger partial charge in [-0.05, 0) is 61.6 Å². The van der Waals surface area contributed by atoms with Gasteiger partial charge < -0.3 is 19.5 Å². The minimum absolute atomic E-state index is 0.0511. The van der Waals surface area contributed by atoms with Gasteiger partial charge in [0.2, 0.25) is 10.0 Å². The number of amides is 1. The van der Waals surface area contributed by atoms with E-state index in [-0.39, 0.29) is 12.0 Å². The molecule has 8 nitrogen and oxygen atoms in total. The van der Waals surface area contributed by atoms with Crippen LogP contribution in [0, 0.1) is 13.8 Å². The molecule has 32 heavy (non-hydrogen) atoms.